The predicted octanol–water partition coefficient (Wildman–Crippen LogP) is 1.97. The first kappa shape index (κ1) is 13.1. The first-order chi connectivity index (χ1) is 10.3. The van der Waals surface area contributed by atoms with E-state index in [1.165, 1.54) is 37.1 Å². The second-order valence-corrected chi connectivity index (χ2v) is 6.66. The number of aryl methyl sites for hydroxylation is 2. The minimum atomic E-state index is 0.770. The van der Waals surface area contributed by atoms with Crippen LogP contribution in [0, 0.1) is 17.2 Å². The lowest BCUT2D eigenvalue weighted by Gasteiger charge is -2.36. The lowest BCUT2D eigenvalue weighted by molar-refractivity contribution is 0.247. The highest BCUT2D eigenvalue weighted by molar-refractivity contribution is 5.57. The third-order valence-corrected chi connectivity index (χ3v) is 5.04. The number of hydrogen-bond acceptors (Lipinski definition) is 4. The molecule has 0 atom stereocenters. The third-order valence-electron chi connectivity index (χ3n) is 5.04. The van der Waals surface area contributed by atoms with Gasteiger partial charge in [0.25, 0.3) is 0 Å². The number of aromatic nitrogens is 1. The Balaban J connectivity index is 1.50. The van der Waals surface area contributed by atoms with Crippen LogP contribution in [0.25, 0.3) is 0 Å². The van der Waals surface area contributed by atoms with Crippen molar-refractivity contribution < 1.29 is 0 Å². The van der Waals surface area contributed by atoms with E-state index >= 15 is 0 Å². The third kappa shape index (κ3) is 2.63. The van der Waals surface area contributed by atoms with Gasteiger partial charge in [0.1, 0.15) is 11.9 Å². The minimum Gasteiger partial charge on any atom is -0.353 e. The molecule has 4 nitrogen and oxygen atoms in total. The summed E-state index contributed by atoms with van der Waals surface area (Å²) in [4.78, 5) is 9.73. The molecule has 1 aromatic rings. The summed E-state index contributed by atoms with van der Waals surface area (Å²) in [7, 11) is 0. The Morgan fingerprint density at radius 3 is 2.71 bits per heavy atom. The van der Waals surface area contributed by atoms with E-state index < -0.39 is 0 Å². The normalized spacial score (nSPS) is 22.1. The van der Waals surface area contributed by atoms with Crippen LogP contribution >= 0.6 is 0 Å². The van der Waals surface area contributed by atoms with Gasteiger partial charge in [-0.25, -0.2) is 4.98 Å². The summed E-state index contributed by atoms with van der Waals surface area (Å²) in [6.07, 6.45) is 6.20. The van der Waals surface area contributed by atoms with Crippen LogP contribution in [-0.2, 0) is 12.8 Å². The molecule has 1 saturated heterocycles. The fourth-order valence-corrected chi connectivity index (χ4v) is 3.59. The molecule has 110 valence electrons. The molecule has 4 rings (SSSR count). The number of anilines is 1. The molecular weight excluding hydrogens is 260 g/mol. The topological polar surface area (TPSA) is 43.2 Å². The van der Waals surface area contributed by atoms with Gasteiger partial charge in [-0.2, -0.15) is 5.26 Å². The van der Waals surface area contributed by atoms with Gasteiger partial charge in [-0.05, 0) is 49.7 Å². The maximum Gasteiger partial charge on any atom is 0.146 e. The van der Waals surface area contributed by atoms with Crippen molar-refractivity contribution in [3.63, 3.8) is 0 Å². The van der Waals surface area contributed by atoms with Crippen molar-refractivity contribution in [1.82, 2.24) is 9.88 Å². The molecule has 3 aliphatic rings. The van der Waals surface area contributed by atoms with Gasteiger partial charge in [0, 0.05) is 38.4 Å². The van der Waals surface area contributed by atoms with Gasteiger partial charge in [0.2, 0.25) is 0 Å². The summed E-state index contributed by atoms with van der Waals surface area (Å²) in [5, 5.41) is 9.43. The van der Waals surface area contributed by atoms with Crippen LogP contribution in [0.15, 0.2) is 6.07 Å². The number of piperazine rings is 1. The molecule has 0 amide bonds. The molecule has 2 fully saturated rings. The van der Waals surface area contributed by atoms with E-state index in [9.17, 15) is 5.26 Å². The van der Waals surface area contributed by atoms with E-state index in [0.29, 0.717) is 0 Å². The molecule has 1 saturated carbocycles. The zero-order valence-electron chi connectivity index (χ0n) is 12.5. The first-order valence-electron chi connectivity index (χ1n) is 8.23. The van der Waals surface area contributed by atoms with E-state index in [1.807, 2.05) is 0 Å². The fraction of sp³-hybridized carbons (Fsp3) is 0.647. The zero-order chi connectivity index (χ0) is 14.2. The molecular formula is C17H22N4. The average molecular weight is 282 g/mol. The smallest absolute Gasteiger partial charge is 0.146 e. The van der Waals surface area contributed by atoms with Crippen molar-refractivity contribution in [1.29, 1.82) is 5.26 Å². The maximum atomic E-state index is 9.43. The van der Waals surface area contributed by atoms with Gasteiger partial charge in [-0.15, -0.1) is 0 Å². The minimum absolute atomic E-state index is 0.770. The molecule has 2 heterocycles. The lowest BCUT2D eigenvalue weighted by Crippen LogP contribution is -2.47. The van der Waals surface area contributed by atoms with Crippen molar-refractivity contribution in [3.8, 4) is 6.07 Å². The number of fused-ring (bicyclic) bond motifs is 1. The average Bonchev–Trinajstić information content (AvgIpc) is 3.21. The first-order valence-corrected chi connectivity index (χ1v) is 8.23. The molecule has 2 aliphatic carbocycles. The van der Waals surface area contributed by atoms with E-state index in [2.05, 4.69) is 21.9 Å². The van der Waals surface area contributed by atoms with Crippen LogP contribution in [-0.4, -0.2) is 42.6 Å². The molecule has 1 aromatic heterocycles. The van der Waals surface area contributed by atoms with Crippen molar-refractivity contribution in [3.05, 3.63) is 22.9 Å². The Morgan fingerprint density at radius 1 is 1.19 bits per heavy atom. The standard InChI is InChI=1S/C17H22N4/c18-11-15-10-14-2-1-3-16(14)19-17(15)21-8-6-20(7-9-21)12-13-4-5-13/h10,13H,1-9,12H2. The summed E-state index contributed by atoms with van der Waals surface area (Å²) in [6.45, 7) is 5.51. The van der Waals surface area contributed by atoms with Crippen molar-refractivity contribution >= 4 is 5.82 Å². The Morgan fingerprint density at radius 2 is 2.00 bits per heavy atom. The Kier molecular flexibility index (Phi) is 3.31. The Bertz CT molecular complexity index is 577. The highest BCUT2D eigenvalue weighted by Gasteiger charge is 2.28. The second kappa shape index (κ2) is 5.31. The quantitative estimate of drug-likeness (QED) is 0.850. The van der Waals surface area contributed by atoms with Crippen molar-refractivity contribution in [2.45, 2.75) is 32.1 Å². The van der Waals surface area contributed by atoms with Crippen LogP contribution in [0.2, 0.25) is 0 Å². The predicted molar refractivity (Wildman–Crippen MR) is 82.4 cm³/mol. The number of pyridine rings is 1. The van der Waals surface area contributed by atoms with Gasteiger partial charge in [0.15, 0.2) is 0 Å². The van der Waals surface area contributed by atoms with Crippen LogP contribution in [0.4, 0.5) is 5.82 Å². The highest BCUT2D eigenvalue weighted by Crippen LogP contribution is 2.31. The highest BCUT2D eigenvalue weighted by atomic mass is 15.3. The number of nitriles is 1. The maximum absolute atomic E-state index is 9.43. The summed E-state index contributed by atoms with van der Waals surface area (Å²) < 4.78 is 0. The molecule has 0 spiro atoms. The van der Waals surface area contributed by atoms with Crippen LogP contribution < -0.4 is 4.90 Å². The Hall–Kier alpha value is -1.60. The zero-order valence-corrected chi connectivity index (χ0v) is 12.5. The Labute approximate surface area is 126 Å². The molecule has 21 heavy (non-hydrogen) atoms. The largest absolute Gasteiger partial charge is 0.353 e. The van der Waals surface area contributed by atoms with Crippen LogP contribution in [0.5, 0.6) is 0 Å². The van der Waals surface area contributed by atoms with E-state index in [-0.39, 0.29) is 0 Å². The van der Waals surface area contributed by atoms with Gasteiger partial charge >= 0.3 is 0 Å². The number of nitrogens with zero attached hydrogens (tertiary/aromatic N) is 4. The monoisotopic (exact) mass is 282 g/mol. The van der Waals surface area contributed by atoms with Crippen molar-refractivity contribution in [2.75, 3.05) is 37.6 Å². The summed E-state index contributed by atoms with van der Waals surface area (Å²) in [5.74, 6) is 1.90. The molecule has 0 N–H and O–H groups in total. The molecule has 0 bridgehead atoms. The van der Waals surface area contributed by atoms with Gasteiger partial charge in [0.05, 0.1) is 5.56 Å². The molecule has 0 radical (unpaired) electrons. The number of rotatable bonds is 3. The van der Waals surface area contributed by atoms with Gasteiger partial charge in [-0.1, -0.05) is 0 Å². The van der Waals surface area contributed by atoms with E-state index in [4.69, 9.17) is 4.98 Å². The van der Waals surface area contributed by atoms with Gasteiger partial charge < -0.3 is 4.90 Å². The molecule has 1 aliphatic heterocycles. The lowest BCUT2D eigenvalue weighted by atomic mass is 10.1. The van der Waals surface area contributed by atoms with Crippen LogP contribution in [0.3, 0.4) is 0 Å². The molecule has 0 aromatic carbocycles. The van der Waals surface area contributed by atoms with E-state index in [0.717, 1.165) is 56.3 Å². The van der Waals surface area contributed by atoms with Gasteiger partial charge in [-0.3, -0.25) is 4.90 Å². The second-order valence-electron chi connectivity index (χ2n) is 6.66. The molecule has 0 unspecified atom stereocenters. The van der Waals surface area contributed by atoms with Crippen LogP contribution in [0.1, 0.15) is 36.1 Å². The summed E-state index contributed by atoms with van der Waals surface area (Å²) in [5.41, 5.74) is 3.29. The number of hydrogen-bond donors (Lipinski definition) is 0. The van der Waals surface area contributed by atoms with E-state index in [1.54, 1.807) is 0 Å². The fourth-order valence-electron chi connectivity index (χ4n) is 3.59. The molecule has 4 heteroatoms. The SMILES string of the molecule is N#Cc1cc2c(nc1N1CCN(CC3CC3)CC1)CCC2. The summed E-state index contributed by atoms with van der Waals surface area (Å²) >= 11 is 0. The van der Waals surface area contributed by atoms with Crippen molar-refractivity contribution in [2.24, 2.45) is 5.92 Å². The summed E-state index contributed by atoms with van der Waals surface area (Å²) in [6, 6.07) is 4.44.